The zero-order valence-corrected chi connectivity index (χ0v) is 12.0. The molecule has 106 valence electrons. The Hall–Kier alpha value is -1.61. The Balaban J connectivity index is 1.80. The molecule has 2 N–H and O–H groups in total. The lowest BCUT2D eigenvalue weighted by molar-refractivity contribution is 0.240. The monoisotopic (exact) mass is 269 g/mol. The zero-order chi connectivity index (χ0) is 13.8. The highest BCUT2D eigenvalue weighted by molar-refractivity contribution is 5.81. The van der Waals surface area contributed by atoms with Crippen molar-refractivity contribution >= 4 is 16.7 Å². The number of aromatic nitrogens is 1. The number of hydrogen-bond donors (Lipinski definition) is 1. The smallest absolute Gasteiger partial charge is 0.128 e. The molecule has 3 heteroatoms. The fourth-order valence-corrected chi connectivity index (χ4v) is 3.01. The van der Waals surface area contributed by atoms with E-state index in [9.17, 15) is 0 Å². The summed E-state index contributed by atoms with van der Waals surface area (Å²) in [6.45, 7) is 3.31. The molecule has 0 spiro atoms. The molecule has 0 saturated carbocycles. The summed E-state index contributed by atoms with van der Waals surface area (Å²) in [6.07, 6.45) is 6.74. The number of pyridine rings is 1. The molecule has 0 bridgehead atoms. The van der Waals surface area contributed by atoms with E-state index >= 15 is 0 Å². The third kappa shape index (κ3) is 3.10. The second-order valence-electron chi connectivity index (χ2n) is 5.77. The highest BCUT2D eigenvalue weighted by atomic mass is 15.1. The number of likely N-dealkylation sites (tertiary alicyclic amines) is 1. The van der Waals surface area contributed by atoms with Crippen LogP contribution in [-0.4, -0.2) is 23.0 Å². The maximum atomic E-state index is 6.14. The van der Waals surface area contributed by atoms with Crippen LogP contribution < -0.4 is 5.73 Å². The average Bonchev–Trinajstić information content (AvgIpc) is 2.42. The van der Waals surface area contributed by atoms with Crippen molar-refractivity contribution in [2.75, 3.05) is 18.8 Å². The predicted molar refractivity (Wildman–Crippen MR) is 84.5 cm³/mol. The van der Waals surface area contributed by atoms with E-state index in [1.807, 2.05) is 12.1 Å². The summed E-state index contributed by atoms with van der Waals surface area (Å²) in [7, 11) is 0. The number of benzene rings is 1. The lowest BCUT2D eigenvalue weighted by atomic mass is 10.1. The zero-order valence-electron chi connectivity index (χ0n) is 12.0. The molecule has 1 saturated heterocycles. The molecule has 20 heavy (non-hydrogen) atoms. The molecule has 1 aliphatic heterocycles. The summed E-state index contributed by atoms with van der Waals surface area (Å²) in [6, 6.07) is 10.4. The Bertz CT molecular complexity index is 571. The standard InChI is InChI=1S/C17H23N3/c18-17-15(12-14-8-4-5-9-16(14)19-17)13-20-10-6-2-1-3-7-11-20/h4-5,8-9,12H,1-3,6-7,10-11,13H2,(H2,18,19). The van der Waals surface area contributed by atoms with E-state index in [2.05, 4.69) is 28.1 Å². The minimum Gasteiger partial charge on any atom is -0.383 e. The molecule has 3 nitrogen and oxygen atoms in total. The number of rotatable bonds is 2. The number of nitrogen functional groups attached to an aromatic ring is 1. The molecule has 1 aliphatic rings. The highest BCUT2D eigenvalue weighted by Crippen LogP contribution is 2.21. The van der Waals surface area contributed by atoms with Gasteiger partial charge in [-0.25, -0.2) is 4.98 Å². The summed E-state index contributed by atoms with van der Waals surface area (Å²) in [5, 5.41) is 1.18. The van der Waals surface area contributed by atoms with Gasteiger partial charge in [-0.3, -0.25) is 4.90 Å². The van der Waals surface area contributed by atoms with Crippen LogP contribution in [0.15, 0.2) is 30.3 Å². The third-order valence-electron chi connectivity index (χ3n) is 4.18. The van der Waals surface area contributed by atoms with Crippen molar-refractivity contribution in [3.05, 3.63) is 35.9 Å². The molecule has 0 radical (unpaired) electrons. The first-order valence-electron chi connectivity index (χ1n) is 7.69. The van der Waals surface area contributed by atoms with Crippen LogP contribution in [0.1, 0.15) is 37.7 Å². The van der Waals surface area contributed by atoms with Crippen LogP contribution >= 0.6 is 0 Å². The van der Waals surface area contributed by atoms with Gasteiger partial charge in [-0.2, -0.15) is 0 Å². The minimum atomic E-state index is 0.686. The van der Waals surface area contributed by atoms with Gasteiger partial charge in [0, 0.05) is 17.5 Å². The van der Waals surface area contributed by atoms with E-state index in [4.69, 9.17) is 5.73 Å². The Kier molecular flexibility index (Phi) is 4.16. The van der Waals surface area contributed by atoms with E-state index in [0.717, 1.165) is 12.1 Å². The largest absolute Gasteiger partial charge is 0.383 e. The molecule has 1 aromatic carbocycles. The molecule has 3 rings (SSSR count). The summed E-state index contributed by atoms with van der Waals surface area (Å²) in [5.41, 5.74) is 8.29. The number of nitrogens with two attached hydrogens (primary N) is 1. The van der Waals surface area contributed by atoms with Gasteiger partial charge in [-0.1, -0.05) is 37.5 Å². The second-order valence-corrected chi connectivity index (χ2v) is 5.77. The Morgan fingerprint density at radius 3 is 2.50 bits per heavy atom. The Morgan fingerprint density at radius 2 is 1.70 bits per heavy atom. The van der Waals surface area contributed by atoms with Gasteiger partial charge in [0.2, 0.25) is 0 Å². The molecule has 2 heterocycles. The molecular formula is C17H23N3. The number of para-hydroxylation sites is 1. The van der Waals surface area contributed by atoms with Gasteiger partial charge < -0.3 is 5.73 Å². The molecular weight excluding hydrogens is 246 g/mol. The van der Waals surface area contributed by atoms with E-state index in [1.165, 1.54) is 56.1 Å². The van der Waals surface area contributed by atoms with Crippen molar-refractivity contribution in [1.82, 2.24) is 9.88 Å². The fourth-order valence-electron chi connectivity index (χ4n) is 3.01. The van der Waals surface area contributed by atoms with Gasteiger partial charge in [0.1, 0.15) is 5.82 Å². The van der Waals surface area contributed by atoms with Gasteiger partial charge >= 0.3 is 0 Å². The normalized spacial score (nSPS) is 17.8. The molecule has 0 amide bonds. The number of fused-ring (bicyclic) bond motifs is 1. The van der Waals surface area contributed by atoms with Crippen molar-refractivity contribution in [2.45, 2.75) is 38.6 Å². The molecule has 2 aromatic rings. The van der Waals surface area contributed by atoms with Crippen molar-refractivity contribution in [2.24, 2.45) is 0 Å². The Labute approximate surface area is 120 Å². The first-order chi connectivity index (χ1) is 9.83. The van der Waals surface area contributed by atoms with Crippen LogP contribution in [0.25, 0.3) is 10.9 Å². The quantitative estimate of drug-likeness (QED) is 0.906. The average molecular weight is 269 g/mol. The summed E-state index contributed by atoms with van der Waals surface area (Å²) >= 11 is 0. The van der Waals surface area contributed by atoms with Crippen LogP contribution in [0.3, 0.4) is 0 Å². The van der Waals surface area contributed by atoms with Gasteiger partial charge in [0.15, 0.2) is 0 Å². The van der Waals surface area contributed by atoms with Crippen molar-refractivity contribution < 1.29 is 0 Å². The molecule has 1 fully saturated rings. The van der Waals surface area contributed by atoms with E-state index < -0.39 is 0 Å². The molecule has 0 unspecified atom stereocenters. The lowest BCUT2D eigenvalue weighted by Gasteiger charge is -2.25. The minimum absolute atomic E-state index is 0.686. The fraction of sp³-hybridized carbons (Fsp3) is 0.471. The number of anilines is 1. The first kappa shape index (κ1) is 13.4. The summed E-state index contributed by atoms with van der Waals surface area (Å²) in [4.78, 5) is 7.06. The highest BCUT2D eigenvalue weighted by Gasteiger charge is 2.11. The SMILES string of the molecule is Nc1nc2ccccc2cc1CN1CCCCCCC1. The topological polar surface area (TPSA) is 42.1 Å². The van der Waals surface area contributed by atoms with E-state index in [0.29, 0.717) is 5.82 Å². The van der Waals surface area contributed by atoms with Crippen molar-refractivity contribution in [3.63, 3.8) is 0 Å². The summed E-state index contributed by atoms with van der Waals surface area (Å²) < 4.78 is 0. The number of nitrogens with zero attached hydrogens (tertiary/aromatic N) is 2. The second kappa shape index (κ2) is 6.23. The van der Waals surface area contributed by atoms with Gasteiger partial charge in [0.05, 0.1) is 5.52 Å². The number of hydrogen-bond acceptors (Lipinski definition) is 3. The van der Waals surface area contributed by atoms with Gasteiger partial charge in [-0.15, -0.1) is 0 Å². The van der Waals surface area contributed by atoms with Crippen LogP contribution in [0.4, 0.5) is 5.82 Å². The summed E-state index contributed by atoms with van der Waals surface area (Å²) in [5.74, 6) is 0.686. The third-order valence-corrected chi connectivity index (χ3v) is 4.18. The van der Waals surface area contributed by atoms with Gasteiger partial charge in [0.25, 0.3) is 0 Å². The Morgan fingerprint density at radius 1 is 1.00 bits per heavy atom. The van der Waals surface area contributed by atoms with Crippen molar-refractivity contribution in [3.8, 4) is 0 Å². The molecule has 0 atom stereocenters. The maximum Gasteiger partial charge on any atom is 0.128 e. The van der Waals surface area contributed by atoms with Gasteiger partial charge in [-0.05, 0) is 38.1 Å². The van der Waals surface area contributed by atoms with Crippen LogP contribution in [0.5, 0.6) is 0 Å². The van der Waals surface area contributed by atoms with Crippen LogP contribution in [0, 0.1) is 0 Å². The predicted octanol–water partition coefficient (Wildman–Crippen LogP) is 3.58. The molecule has 0 aliphatic carbocycles. The molecule has 1 aromatic heterocycles. The van der Waals surface area contributed by atoms with Crippen LogP contribution in [0.2, 0.25) is 0 Å². The van der Waals surface area contributed by atoms with Crippen LogP contribution in [-0.2, 0) is 6.54 Å². The maximum absolute atomic E-state index is 6.14. The lowest BCUT2D eigenvalue weighted by Crippen LogP contribution is -2.27. The van der Waals surface area contributed by atoms with Crippen molar-refractivity contribution in [1.29, 1.82) is 0 Å². The van der Waals surface area contributed by atoms with E-state index in [1.54, 1.807) is 0 Å². The van der Waals surface area contributed by atoms with E-state index in [-0.39, 0.29) is 0 Å². The first-order valence-corrected chi connectivity index (χ1v) is 7.69.